The molecule has 21 heavy (non-hydrogen) atoms. The monoisotopic (exact) mass is 294 g/mol. The summed E-state index contributed by atoms with van der Waals surface area (Å²) in [5.41, 5.74) is 1.03. The summed E-state index contributed by atoms with van der Waals surface area (Å²) in [5.74, 6) is 0.606. The van der Waals surface area contributed by atoms with Gasteiger partial charge in [-0.2, -0.15) is 5.10 Å². The van der Waals surface area contributed by atoms with Crippen LogP contribution in [0.15, 0.2) is 12.3 Å². The summed E-state index contributed by atoms with van der Waals surface area (Å²) in [6, 6.07) is 2.53. The Morgan fingerprint density at radius 2 is 2.05 bits per heavy atom. The van der Waals surface area contributed by atoms with Gasteiger partial charge < -0.3 is 10.6 Å². The molecule has 0 aromatic carbocycles. The third kappa shape index (κ3) is 6.76. The van der Waals surface area contributed by atoms with Crippen molar-refractivity contribution in [2.24, 2.45) is 5.92 Å². The fourth-order valence-electron chi connectivity index (χ4n) is 2.16. The van der Waals surface area contributed by atoms with Crippen molar-refractivity contribution >= 4 is 5.91 Å². The number of hydrogen-bond donors (Lipinski definition) is 2. The predicted octanol–water partition coefficient (Wildman–Crippen LogP) is 2.50. The third-order valence-electron chi connectivity index (χ3n) is 3.52. The average molecular weight is 294 g/mol. The van der Waals surface area contributed by atoms with Crippen LogP contribution in [-0.2, 0) is 11.3 Å². The van der Waals surface area contributed by atoms with Crippen molar-refractivity contribution in [2.45, 2.75) is 59.5 Å². The van der Waals surface area contributed by atoms with Crippen molar-refractivity contribution in [1.29, 1.82) is 0 Å². The van der Waals surface area contributed by atoms with Crippen molar-refractivity contribution < 1.29 is 4.79 Å². The summed E-state index contributed by atoms with van der Waals surface area (Å²) >= 11 is 0. The topological polar surface area (TPSA) is 59.0 Å². The molecule has 5 heteroatoms. The van der Waals surface area contributed by atoms with E-state index in [4.69, 9.17) is 0 Å². The number of carbonyl (C=O) groups is 1. The van der Waals surface area contributed by atoms with E-state index in [9.17, 15) is 4.79 Å². The van der Waals surface area contributed by atoms with Gasteiger partial charge in [0.2, 0.25) is 5.91 Å². The summed E-state index contributed by atoms with van der Waals surface area (Å²) in [6.45, 7) is 10.7. The van der Waals surface area contributed by atoms with Crippen LogP contribution in [-0.4, -0.2) is 28.8 Å². The number of nitrogens with one attached hydrogen (secondary N) is 2. The van der Waals surface area contributed by atoms with E-state index in [-0.39, 0.29) is 5.91 Å². The molecule has 0 spiro atoms. The van der Waals surface area contributed by atoms with Gasteiger partial charge in [0.15, 0.2) is 0 Å². The Labute approximate surface area is 128 Å². The Morgan fingerprint density at radius 3 is 2.67 bits per heavy atom. The first-order valence-electron chi connectivity index (χ1n) is 8.08. The third-order valence-corrected chi connectivity index (χ3v) is 3.52. The Bertz CT molecular complexity index is 410. The molecule has 120 valence electrons. The van der Waals surface area contributed by atoms with Gasteiger partial charge in [-0.15, -0.1) is 0 Å². The molecule has 0 atom stereocenters. The van der Waals surface area contributed by atoms with Crippen LogP contribution >= 0.6 is 0 Å². The molecule has 0 unspecified atom stereocenters. The van der Waals surface area contributed by atoms with Gasteiger partial charge in [0.25, 0.3) is 0 Å². The minimum Gasteiger partial charge on any atom is -0.356 e. The van der Waals surface area contributed by atoms with Crippen molar-refractivity contribution in [3.63, 3.8) is 0 Å². The molecule has 2 N–H and O–H groups in total. The molecule has 0 aliphatic heterocycles. The quantitative estimate of drug-likeness (QED) is 0.652. The lowest BCUT2D eigenvalue weighted by molar-refractivity contribution is -0.121. The van der Waals surface area contributed by atoms with Gasteiger partial charge >= 0.3 is 0 Å². The van der Waals surface area contributed by atoms with Crippen LogP contribution < -0.4 is 10.6 Å². The van der Waals surface area contributed by atoms with Crippen LogP contribution in [0.3, 0.4) is 0 Å². The largest absolute Gasteiger partial charge is 0.356 e. The zero-order valence-electron chi connectivity index (χ0n) is 13.9. The average Bonchev–Trinajstić information content (AvgIpc) is 2.91. The van der Waals surface area contributed by atoms with Crippen molar-refractivity contribution in [1.82, 2.24) is 20.4 Å². The van der Waals surface area contributed by atoms with Gasteiger partial charge in [-0.3, -0.25) is 9.48 Å². The maximum atomic E-state index is 11.6. The highest BCUT2D eigenvalue weighted by molar-refractivity contribution is 5.76. The number of rotatable bonds is 10. The fourth-order valence-corrected chi connectivity index (χ4v) is 2.16. The molecule has 1 aromatic rings. The second kappa shape index (κ2) is 9.55. The highest BCUT2D eigenvalue weighted by atomic mass is 16.1. The molecule has 0 saturated carbocycles. The number of nitrogens with zero attached hydrogens (tertiary/aromatic N) is 2. The minimum absolute atomic E-state index is 0.110. The Balaban J connectivity index is 2.22. The number of aromatic nitrogens is 2. The first-order chi connectivity index (χ1) is 10.1. The summed E-state index contributed by atoms with van der Waals surface area (Å²) in [7, 11) is 0. The molecular formula is C16H30N4O. The molecule has 0 bridgehead atoms. The number of carbonyl (C=O) groups excluding carboxylic acids is 1. The Kier molecular flexibility index (Phi) is 8.05. The second-order valence-corrected chi connectivity index (χ2v) is 5.88. The first kappa shape index (κ1) is 17.7. The summed E-state index contributed by atoms with van der Waals surface area (Å²) < 4.78 is 2.05. The lowest BCUT2D eigenvalue weighted by atomic mass is 10.2. The number of amides is 1. The SMILES string of the molecule is CCC(CC)n1ccc(CNCCC(=O)NCC(C)C)n1. The van der Waals surface area contributed by atoms with Crippen LogP contribution in [0.2, 0.25) is 0 Å². The Morgan fingerprint density at radius 1 is 1.33 bits per heavy atom. The van der Waals surface area contributed by atoms with Crippen LogP contribution in [0.25, 0.3) is 0 Å². The lowest BCUT2D eigenvalue weighted by Crippen LogP contribution is -2.30. The Hall–Kier alpha value is -1.36. The molecule has 1 rings (SSSR count). The van der Waals surface area contributed by atoms with Gasteiger partial charge in [-0.25, -0.2) is 0 Å². The maximum Gasteiger partial charge on any atom is 0.221 e. The fraction of sp³-hybridized carbons (Fsp3) is 0.750. The van der Waals surface area contributed by atoms with Crippen LogP contribution in [0, 0.1) is 5.92 Å². The predicted molar refractivity (Wildman–Crippen MR) is 86.0 cm³/mol. The molecule has 1 amide bonds. The van der Waals surface area contributed by atoms with Gasteiger partial charge in [-0.05, 0) is 24.8 Å². The molecule has 0 saturated heterocycles. The van der Waals surface area contributed by atoms with Crippen LogP contribution in [0.5, 0.6) is 0 Å². The van der Waals surface area contributed by atoms with E-state index >= 15 is 0 Å². The normalized spacial score (nSPS) is 11.3. The molecule has 0 aliphatic rings. The van der Waals surface area contributed by atoms with Crippen molar-refractivity contribution in [3.05, 3.63) is 18.0 Å². The van der Waals surface area contributed by atoms with E-state index in [1.54, 1.807) is 0 Å². The van der Waals surface area contributed by atoms with Gasteiger partial charge in [0.1, 0.15) is 0 Å². The molecule has 1 aromatic heterocycles. The summed E-state index contributed by atoms with van der Waals surface area (Å²) in [6.07, 6.45) is 4.76. The highest BCUT2D eigenvalue weighted by Gasteiger charge is 2.08. The molecule has 5 nitrogen and oxygen atoms in total. The van der Waals surface area contributed by atoms with E-state index in [1.165, 1.54) is 0 Å². The van der Waals surface area contributed by atoms with Crippen molar-refractivity contribution in [3.8, 4) is 0 Å². The smallest absolute Gasteiger partial charge is 0.221 e. The van der Waals surface area contributed by atoms with E-state index in [2.05, 4.69) is 43.4 Å². The van der Waals surface area contributed by atoms with Crippen LogP contribution in [0.1, 0.15) is 58.7 Å². The van der Waals surface area contributed by atoms with Gasteiger partial charge in [-0.1, -0.05) is 27.7 Å². The van der Waals surface area contributed by atoms with E-state index in [1.807, 2.05) is 16.9 Å². The molecule has 0 aliphatic carbocycles. The second-order valence-electron chi connectivity index (χ2n) is 5.88. The number of hydrogen-bond acceptors (Lipinski definition) is 3. The molecular weight excluding hydrogens is 264 g/mol. The van der Waals surface area contributed by atoms with E-state index in [0.29, 0.717) is 31.5 Å². The minimum atomic E-state index is 0.110. The van der Waals surface area contributed by atoms with Gasteiger partial charge in [0, 0.05) is 32.3 Å². The highest BCUT2D eigenvalue weighted by Crippen LogP contribution is 2.14. The summed E-state index contributed by atoms with van der Waals surface area (Å²) in [4.78, 5) is 11.6. The van der Waals surface area contributed by atoms with E-state index < -0.39 is 0 Å². The van der Waals surface area contributed by atoms with Crippen LogP contribution in [0.4, 0.5) is 0 Å². The zero-order valence-corrected chi connectivity index (χ0v) is 13.9. The zero-order chi connectivity index (χ0) is 15.7. The first-order valence-corrected chi connectivity index (χ1v) is 8.08. The lowest BCUT2D eigenvalue weighted by Gasteiger charge is -2.12. The molecule has 0 radical (unpaired) electrons. The summed E-state index contributed by atoms with van der Waals surface area (Å²) in [5, 5.41) is 10.8. The van der Waals surface area contributed by atoms with Crippen molar-refractivity contribution in [2.75, 3.05) is 13.1 Å². The van der Waals surface area contributed by atoms with E-state index in [0.717, 1.165) is 25.1 Å². The standard InChI is InChI=1S/C16H30N4O/c1-5-15(6-2)20-10-8-14(19-20)12-17-9-7-16(21)18-11-13(3)4/h8,10,13,15,17H,5-7,9,11-12H2,1-4H3,(H,18,21). The molecule has 0 fully saturated rings. The maximum absolute atomic E-state index is 11.6. The van der Waals surface area contributed by atoms with Gasteiger partial charge in [0.05, 0.1) is 11.7 Å². The molecule has 1 heterocycles.